The van der Waals surface area contributed by atoms with Crippen molar-refractivity contribution in [2.75, 3.05) is 0 Å². The first-order valence-corrected chi connectivity index (χ1v) is 11.1. The van der Waals surface area contributed by atoms with Crippen molar-refractivity contribution in [2.24, 2.45) is 40.9 Å². The van der Waals surface area contributed by atoms with E-state index in [0.717, 1.165) is 35.5 Å². The Morgan fingerprint density at radius 3 is 2.56 bits per heavy atom. The van der Waals surface area contributed by atoms with Crippen molar-refractivity contribution in [1.29, 1.82) is 0 Å². The fourth-order valence-corrected chi connectivity index (χ4v) is 8.10. The standard InChI is InChI=1S/C25H38/c1-5-18(4)19-8-7-9-20-21(19)11-12-23-22(20)14-15-25(6-2)16-17(3)10-13-24(23)25/h19-24H,1,3,6-16H2,2,4H3/t19-,20-,21?,22+,23+,24?,25?/m1/s1. The van der Waals surface area contributed by atoms with E-state index in [0.29, 0.717) is 5.41 Å². The summed E-state index contributed by atoms with van der Waals surface area (Å²) in [7, 11) is 0. The molecule has 0 spiro atoms. The lowest BCUT2D eigenvalue weighted by Gasteiger charge is -2.60. The molecule has 25 heavy (non-hydrogen) atoms. The van der Waals surface area contributed by atoms with Crippen LogP contribution in [0.4, 0.5) is 0 Å². The van der Waals surface area contributed by atoms with E-state index < -0.39 is 0 Å². The number of allylic oxidation sites excluding steroid dienone is 2. The molecule has 4 saturated carbocycles. The van der Waals surface area contributed by atoms with Gasteiger partial charge in [0.25, 0.3) is 0 Å². The lowest BCUT2D eigenvalue weighted by Crippen LogP contribution is -2.51. The van der Waals surface area contributed by atoms with Crippen molar-refractivity contribution in [3.63, 3.8) is 0 Å². The van der Waals surface area contributed by atoms with Crippen molar-refractivity contribution in [3.05, 3.63) is 30.0 Å². The fourth-order valence-electron chi connectivity index (χ4n) is 8.10. The predicted octanol–water partition coefficient (Wildman–Crippen LogP) is 7.32. The van der Waals surface area contributed by atoms with Crippen molar-refractivity contribution >= 4 is 0 Å². The first-order chi connectivity index (χ1) is 12.1. The van der Waals surface area contributed by atoms with Crippen LogP contribution in [0.25, 0.3) is 0 Å². The molecule has 0 aromatic carbocycles. The van der Waals surface area contributed by atoms with E-state index in [4.69, 9.17) is 0 Å². The summed E-state index contributed by atoms with van der Waals surface area (Å²) < 4.78 is 0. The molecule has 0 N–H and O–H groups in total. The summed E-state index contributed by atoms with van der Waals surface area (Å²) in [5.74, 6) is 5.78. The molecule has 0 bridgehead atoms. The Balaban J connectivity index is 1.59. The molecule has 4 rings (SSSR count). The minimum atomic E-state index is 0.619. The lowest BCUT2D eigenvalue weighted by atomic mass is 9.45. The second-order valence-electron chi connectivity index (χ2n) is 9.96. The van der Waals surface area contributed by atoms with E-state index in [1.54, 1.807) is 5.57 Å². The highest BCUT2D eigenvalue weighted by molar-refractivity contribution is 5.14. The average molecular weight is 339 g/mol. The Hall–Kier alpha value is -0.740. The zero-order valence-corrected chi connectivity index (χ0v) is 16.7. The molecule has 3 unspecified atom stereocenters. The van der Waals surface area contributed by atoms with Crippen LogP contribution in [-0.4, -0.2) is 0 Å². The molecule has 0 nitrogen and oxygen atoms in total. The molecule has 0 saturated heterocycles. The number of fused-ring (bicyclic) bond motifs is 5. The van der Waals surface area contributed by atoms with Crippen LogP contribution >= 0.6 is 0 Å². The van der Waals surface area contributed by atoms with Crippen LogP contribution in [0.2, 0.25) is 0 Å². The molecule has 0 amide bonds. The SMILES string of the molecule is C=C=C(C)[C@H]1CCC[C@@H]2C1CC[C@@H]1C3CCC(=C)CC3(CC)CC[C@@H]21. The molecule has 0 heteroatoms. The highest BCUT2D eigenvalue weighted by Gasteiger charge is 2.54. The Morgan fingerprint density at radius 2 is 1.80 bits per heavy atom. The van der Waals surface area contributed by atoms with Gasteiger partial charge in [0.2, 0.25) is 0 Å². The maximum absolute atomic E-state index is 4.39. The summed E-state index contributed by atoms with van der Waals surface area (Å²) in [5.41, 5.74) is 6.89. The fraction of sp³-hybridized carbons (Fsp3) is 0.800. The van der Waals surface area contributed by atoms with Gasteiger partial charge in [0, 0.05) is 0 Å². The molecule has 4 aliphatic carbocycles. The predicted molar refractivity (Wildman–Crippen MR) is 107 cm³/mol. The molecule has 0 aliphatic heterocycles. The molecule has 7 atom stereocenters. The van der Waals surface area contributed by atoms with Crippen molar-refractivity contribution in [2.45, 2.75) is 84.5 Å². The van der Waals surface area contributed by atoms with Crippen LogP contribution in [0.15, 0.2) is 30.0 Å². The largest absolute Gasteiger partial charge is 0.130 e. The second-order valence-corrected chi connectivity index (χ2v) is 9.96. The average Bonchev–Trinajstić information content (AvgIpc) is 2.65. The summed E-state index contributed by atoms with van der Waals surface area (Å²) in [6.07, 6.45) is 15.8. The van der Waals surface area contributed by atoms with Gasteiger partial charge in [-0.1, -0.05) is 32.1 Å². The molecular weight excluding hydrogens is 300 g/mol. The van der Waals surface area contributed by atoms with E-state index in [9.17, 15) is 0 Å². The second kappa shape index (κ2) is 6.77. The number of rotatable bonds is 2. The summed E-state index contributed by atoms with van der Waals surface area (Å²) in [6, 6.07) is 0. The van der Waals surface area contributed by atoms with Gasteiger partial charge >= 0.3 is 0 Å². The summed E-state index contributed by atoms with van der Waals surface area (Å²) in [4.78, 5) is 0. The van der Waals surface area contributed by atoms with Crippen LogP contribution in [0.3, 0.4) is 0 Å². The van der Waals surface area contributed by atoms with Gasteiger partial charge in [0.1, 0.15) is 0 Å². The molecule has 4 aliphatic rings. The van der Waals surface area contributed by atoms with Crippen molar-refractivity contribution in [3.8, 4) is 0 Å². The van der Waals surface area contributed by atoms with E-state index in [1.165, 1.54) is 76.2 Å². The third-order valence-corrected chi connectivity index (χ3v) is 9.28. The van der Waals surface area contributed by atoms with Crippen LogP contribution in [0, 0.1) is 40.9 Å². The highest BCUT2D eigenvalue weighted by atomic mass is 14.6. The maximum atomic E-state index is 4.39. The summed E-state index contributed by atoms with van der Waals surface area (Å²) in [6.45, 7) is 13.1. The van der Waals surface area contributed by atoms with Crippen LogP contribution in [0.1, 0.15) is 84.5 Å². The Morgan fingerprint density at radius 1 is 1.04 bits per heavy atom. The third kappa shape index (κ3) is 2.80. The monoisotopic (exact) mass is 338 g/mol. The maximum Gasteiger partial charge on any atom is -0.00990 e. The summed E-state index contributed by atoms with van der Waals surface area (Å²) >= 11 is 0. The normalized spacial score (nSPS) is 46.4. The summed E-state index contributed by atoms with van der Waals surface area (Å²) in [5, 5.41) is 0. The van der Waals surface area contributed by atoms with Gasteiger partial charge in [-0.05, 0) is 118 Å². The van der Waals surface area contributed by atoms with E-state index in [2.05, 4.69) is 32.7 Å². The first-order valence-electron chi connectivity index (χ1n) is 11.1. The van der Waals surface area contributed by atoms with Gasteiger partial charge in [-0.25, -0.2) is 0 Å². The van der Waals surface area contributed by atoms with E-state index in [-0.39, 0.29) is 0 Å². The highest BCUT2D eigenvalue weighted by Crippen LogP contribution is 2.63. The Kier molecular flexibility index (Phi) is 4.78. The van der Waals surface area contributed by atoms with Gasteiger partial charge in [0.05, 0.1) is 0 Å². The molecule has 0 heterocycles. The Bertz CT molecular complexity index is 577. The zero-order chi connectivity index (χ0) is 17.6. The van der Waals surface area contributed by atoms with Crippen LogP contribution in [-0.2, 0) is 0 Å². The van der Waals surface area contributed by atoms with E-state index >= 15 is 0 Å². The smallest absolute Gasteiger partial charge is 0.00990 e. The molecule has 4 fully saturated rings. The van der Waals surface area contributed by atoms with Crippen LogP contribution < -0.4 is 0 Å². The van der Waals surface area contributed by atoms with Gasteiger partial charge < -0.3 is 0 Å². The Labute approximate surface area is 155 Å². The molecular formula is C25H38. The van der Waals surface area contributed by atoms with Crippen molar-refractivity contribution < 1.29 is 0 Å². The topological polar surface area (TPSA) is 0 Å². The third-order valence-electron chi connectivity index (χ3n) is 9.28. The molecule has 0 radical (unpaired) electrons. The first kappa shape index (κ1) is 17.7. The van der Waals surface area contributed by atoms with Gasteiger partial charge in [-0.2, -0.15) is 0 Å². The lowest BCUT2D eigenvalue weighted by molar-refractivity contribution is -0.0894. The molecule has 0 aromatic rings. The zero-order valence-electron chi connectivity index (χ0n) is 16.7. The van der Waals surface area contributed by atoms with Gasteiger partial charge in [-0.15, -0.1) is 5.73 Å². The number of hydrogen-bond donors (Lipinski definition) is 0. The van der Waals surface area contributed by atoms with Gasteiger partial charge in [-0.3, -0.25) is 0 Å². The molecule has 0 aromatic heterocycles. The number of hydrogen-bond acceptors (Lipinski definition) is 0. The van der Waals surface area contributed by atoms with Crippen LogP contribution in [0.5, 0.6) is 0 Å². The van der Waals surface area contributed by atoms with Gasteiger partial charge in [0.15, 0.2) is 0 Å². The minimum absolute atomic E-state index is 0.619. The van der Waals surface area contributed by atoms with E-state index in [1.807, 2.05) is 0 Å². The van der Waals surface area contributed by atoms with Crippen molar-refractivity contribution in [1.82, 2.24) is 0 Å². The molecule has 138 valence electrons. The quantitative estimate of drug-likeness (QED) is 0.365. The minimum Gasteiger partial charge on any atom is -0.130 e.